The van der Waals surface area contributed by atoms with E-state index in [4.69, 9.17) is 5.73 Å². The van der Waals surface area contributed by atoms with Crippen molar-refractivity contribution in [3.63, 3.8) is 0 Å². The van der Waals surface area contributed by atoms with Crippen LogP contribution in [0.1, 0.15) is 17.0 Å². The predicted octanol–water partition coefficient (Wildman–Crippen LogP) is 0.321. The fourth-order valence-corrected chi connectivity index (χ4v) is 1.69. The van der Waals surface area contributed by atoms with E-state index in [1.54, 1.807) is 0 Å². The van der Waals surface area contributed by atoms with E-state index in [9.17, 15) is 0 Å². The molecule has 0 saturated carbocycles. The summed E-state index contributed by atoms with van der Waals surface area (Å²) in [6, 6.07) is 0. The number of nitrogens with zero attached hydrogens (tertiary/aromatic N) is 4. The average Bonchev–Trinajstić information content (AvgIpc) is 2.65. The summed E-state index contributed by atoms with van der Waals surface area (Å²) in [5, 5.41) is 7.58. The maximum Gasteiger partial charge on any atom is 0.220 e. The molecule has 0 fully saturated rings. The van der Waals surface area contributed by atoms with Crippen molar-refractivity contribution in [1.29, 1.82) is 0 Å². The van der Waals surface area contributed by atoms with Gasteiger partial charge in [0, 0.05) is 17.7 Å². The van der Waals surface area contributed by atoms with Gasteiger partial charge in [-0.2, -0.15) is 0 Å². The minimum Gasteiger partial charge on any atom is -0.368 e. The molecule has 2 heterocycles. The second kappa shape index (κ2) is 2.28. The lowest BCUT2D eigenvalue weighted by molar-refractivity contribution is 0.304. The number of anilines is 1. The van der Waals surface area contributed by atoms with Crippen molar-refractivity contribution < 1.29 is 4.63 Å². The summed E-state index contributed by atoms with van der Waals surface area (Å²) in [5.41, 5.74) is 9.74. The molecule has 14 heavy (non-hydrogen) atoms. The Labute approximate surface area is 79.1 Å². The second-order valence-electron chi connectivity index (χ2n) is 3.23. The quantitative estimate of drug-likeness (QED) is 0.547. The predicted molar refractivity (Wildman–Crippen MR) is 47.3 cm³/mol. The average molecular weight is 189 g/mol. The largest absolute Gasteiger partial charge is 0.368 e. The molecule has 0 saturated heterocycles. The highest BCUT2D eigenvalue weighted by Gasteiger charge is 2.27. The van der Waals surface area contributed by atoms with Crippen LogP contribution in [0, 0.1) is 6.92 Å². The first-order valence-corrected chi connectivity index (χ1v) is 4.20. The third-order valence-corrected chi connectivity index (χ3v) is 2.36. The zero-order chi connectivity index (χ0) is 9.71. The highest BCUT2D eigenvalue weighted by atomic mass is 16.6. The van der Waals surface area contributed by atoms with Crippen LogP contribution >= 0.6 is 0 Å². The summed E-state index contributed by atoms with van der Waals surface area (Å²) < 4.78 is 4.62. The third-order valence-electron chi connectivity index (χ3n) is 2.36. The van der Waals surface area contributed by atoms with Crippen molar-refractivity contribution in [2.45, 2.75) is 13.3 Å². The fourth-order valence-electron chi connectivity index (χ4n) is 1.69. The van der Waals surface area contributed by atoms with Crippen LogP contribution in [0.25, 0.3) is 11.4 Å². The molecule has 0 radical (unpaired) electrons. The molecular weight excluding hydrogens is 182 g/mol. The van der Waals surface area contributed by atoms with Crippen molar-refractivity contribution in [2.24, 2.45) is 0 Å². The van der Waals surface area contributed by atoms with Gasteiger partial charge in [-0.3, -0.25) is 0 Å². The smallest absolute Gasteiger partial charge is 0.220 e. The zero-order valence-corrected chi connectivity index (χ0v) is 7.48. The van der Waals surface area contributed by atoms with E-state index in [1.165, 1.54) is 0 Å². The number of nitrogen functional groups attached to an aromatic ring is 1. The van der Waals surface area contributed by atoms with Crippen LogP contribution < -0.4 is 5.73 Å². The van der Waals surface area contributed by atoms with Crippen molar-refractivity contribution in [3.05, 3.63) is 17.0 Å². The van der Waals surface area contributed by atoms with Gasteiger partial charge >= 0.3 is 0 Å². The van der Waals surface area contributed by atoms with Gasteiger partial charge in [0.1, 0.15) is 11.4 Å². The number of nitrogens with two attached hydrogens (primary N) is 1. The van der Waals surface area contributed by atoms with Crippen LogP contribution in [-0.2, 0) is 6.42 Å². The molecule has 0 bridgehead atoms. The van der Waals surface area contributed by atoms with Gasteiger partial charge in [-0.15, -0.1) is 0 Å². The number of rotatable bonds is 0. The minimum atomic E-state index is 0.261. The number of fused-ring (bicyclic) bond motifs is 3. The number of hydrogen-bond donors (Lipinski definition) is 1. The Morgan fingerprint density at radius 2 is 2.07 bits per heavy atom. The van der Waals surface area contributed by atoms with E-state index in [2.05, 4.69) is 24.9 Å². The lowest BCUT2D eigenvalue weighted by Gasteiger charge is -2.02. The number of aryl methyl sites for hydroxylation is 1. The van der Waals surface area contributed by atoms with E-state index in [1.807, 2.05) is 6.92 Å². The molecule has 0 unspecified atom stereocenters. The van der Waals surface area contributed by atoms with E-state index in [0.717, 1.165) is 22.6 Å². The second-order valence-corrected chi connectivity index (χ2v) is 3.23. The van der Waals surface area contributed by atoms with Gasteiger partial charge in [0.15, 0.2) is 5.69 Å². The van der Waals surface area contributed by atoms with E-state index >= 15 is 0 Å². The third kappa shape index (κ3) is 0.795. The standard InChI is InChI=1S/C8H7N5O/c1-3-4-2-5-7(13-14-12-5)6(4)11-8(9)10-3/h2H2,1H3,(H2,9,10,11). The molecule has 1 aliphatic rings. The van der Waals surface area contributed by atoms with E-state index in [-0.39, 0.29) is 5.95 Å². The van der Waals surface area contributed by atoms with Gasteiger partial charge < -0.3 is 5.73 Å². The first-order chi connectivity index (χ1) is 6.75. The molecule has 0 aromatic carbocycles. The summed E-state index contributed by atoms with van der Waals surface area (Å²) in [6.45, 7) is 1.90. The molecule has 0 aliphatic heterocycles. The Balaban J connectivity index is 2.34. The zero-order valence-electron chi connectivity index (χ0n) is 7.48. The van der Waals surface area contributed by atoms with Crippen molar-refractivity contribution in [3.8, 4) is 11.4 Å². The highest BCUT2D eigenvalue weighted by Crippen LogP contribution is 2.33. The first-order valence-electron chi connectivity index (χ1n) is 4.20. The Hall–Kier alpha value is -1.98. The molecule has 0 atom stereocenters. The first kappa shape index (κ1) is 7.43. The minimum absolute atomic E-state index is 0.261. The van der Waals surface area contributed by atoms with E-state index in [0.29, 0.717) is 12.1 Å². The monoisotopic (exact) mass is 189 g/mol. The Morgan fingerprint density at radius 1 is 1.21 bits per heavy atom. The van der Waals surface area contributed by atoms with Crippen molar-refractivity contribution >= 4 is 5.95 Å². The molecule has 70 valence electrons. The maximum atomic E-state index is 5.56. The SMILES string of the molecule is Cc1nc(N)nc2c1Cc1nonc1-2. The van der Waals surface area contributed by atoms with Crippen LogP contribution in [0.2, 0.25) is 0 Å². The molecule has 0 spiro atoms. The topological polar surface area (TPSA) is 90.7 Å². The molecule has 1 aliphatic carbocycles. The van der Waals surface area contributed by atoms with Gasteiger partial charge in [0.2, 0.25) is 5.95 Å². The molecule has 6 nitrogen and oxygen atoms in total. The normalized spacial score (nSPS) is 12.6. The lowest BCUT2D eigenvalue weighted by atomic mass is 10.2. The summed E-state index contributed by atoms with van der Waals surface area (Å²) in [4.78, 5) is 8.22. The van der Waals surface area contributed by atoms with Crippen LogP contribution in [-0.4, -0.2) is 20.3 Å². The van der Waals surface area contributed by atoms with Gasteiger partial charge in [0.05, 0.1) is 0 Å². The van der Waals surface area contributed by atoms with Crippen molar-refractivity contribution in [2.75, 3.05) is 5.73 Å². The lowest BCUT2D eigenvalue weighted by Crippen LogP contribution is -2.01. The molecule has 3 rings (SSSR count). The number of aromatic nitrogens is 4. The Morgan fingerprint density at radius 3 is 2.93 bits per heavy atom. The summed E-state index contributed by atoms with van der Waals surface area (Å²) in [5.74, 6) is 0.261. The molecule has 2 aromatic heterocycles. The van der Waals surface area contributed by atoms with Gasteiger partial charge in [-0.1, -0.05) is 5.16 Å². The highest BCUT2D eigenvalue weighted by molar-refractivity contribution is 5.69. The molecule has 0 amide bonds. The molecular formula is C8H7N5O. The van der Waals surface area contributed by atoms with Crippen LogP contribution in [0.5, 0.6) is 0 Å². The fraction of sp³-hybridized carbons (Fsp3) is 0.250. The maximum absolute atomic E-state index is 5.56. The Bertz CT molecular complexity index is 518. The summed E-state index contributed by atoms with van der Waals surface area (Å²) >= 11 is 0. The Kier molecular flexibility index (Phi) is 1.21. The van der Waals surface area contributed by atoms with Crippen molar-refractivity contribution in [1.82, 2.24) is 20.3 Å². The van der Waals surface area contributed by atoms with E-state index < -0.39 is 0 Å². The van der Waals surface area contributed by atoms with Gasteiger partial charge in [-0.05, 0) is 12.1 Å². The van der Waals surface area contributed by atoms with Crippen LogP contribution in [0.3, 0.4) is 0 Å². The van der Waals surface area contributed by atoms with Gasteiger partial charge in [0.25, 0.3) is 0 Å². The molecule has 2 N–H and O–H groups in total. The number of hydrogen-bond acceptors (Lipinski definition) is 6. The summed E-state index contributed by atoms with van der Waals surface area (Å²) in [6.07, 6.45) is 0.681. The van der Waals surface area contributed by atoms with Crippen LogP contribution in [0.15, 0.2) is 4.63 Å². The molecule has 6 heteroatoms. The van der Waals surface area contributed by atoms with Gasteiger partial charge in [-0.25, -0.2) is 14.6 Å². The summed E-state index contributed by atoms with van der Waals surface area (Å²) in [7, 11) is 0. The molecule has 2 aromatic rings. The van der Waals surface area contributed by atoms with Crippen LogP contribution in [0.4, 0.5) is 5.95 Å².